The lowest BCUT2D eigenvalue weighted by Crippen LogP contribution is -2.28. The zero-order chi connectivity index (χ0) is 18.5. The van der Waals surface area contributed by atoms with Gasteiger partial charge in [0.25, 0.3) is 5.91 Å². The molecular weight excluding hydrogens is 365 g/mol. The van der Waals surface area contributed by atoms with Gasteiger partial charge in [-0.1, -0.05) is 0 Å². The zero-order valence-electron chi connectivity index (χ0n) is 13.8. The third kappa shape index (κ3) is 2.86. The molecule has 1 fully saturated rings. The second-order valence-electron chi connectivity index (χ2n) is 6.27. The first kappa shape index (κ1) is 17.0. The van der Waals surface area contributed by atoms with E-state index in [1.807, 2.05) is 23.7 Å². The van der Waals surface area contributed by atoms with E-state index in [1.165, 1.54) is 6.07 Å². The summed E-state index contributed by atoms with van der Waals surface area (Å²) >= 11 is 0.492. The Labute approximate surface area is 151 Å². The number of thiophene rings is 1. The summed E-state index contributed by atoms with van der Waals surface area (Å²) in [6, 6.07) is 5.91. The lowest BCUT2D eigenvalue weighted by molar-refractivity contribution is -0.134. The number of carbonyl (C=O) groups excluding carboxylic acids is 1. The molecular formula is C17H15F3N4OS. The summed E-state index contributed by atoms with van der Waals surface area (Å²) in [4.78, 5) is 22.4. The standard InChI is InChI=1S/C17H15F3N4OS/c1-23-14(22-11-3-2-7-21-15(11)23)10-6-8-24(9-10)16(25)12-4-5-13(26-12)17(18,19)20/h2-5,7,10H,6,8-9H2,1H3/t10-/m0/s1. The second-order valence-corrected chi connectivity index (χ2v) is 7.36. The normalized spacial score (nSPS) is 18.0. The number of hydrogen-bond acceptors (Lipinski definition) is 4. The third-order valence-corrected chi connectivity index (χ3v) is 5.72. The van der Waals surface area contributed by atoms with Gasteiger partial charge in [0.1, 0.15) is 16.2 Å². The highest BCUT2D eigenvalue weighted by Crippen LogP contribution is 2.36. The van der Waals surface area contributed by atoms with Crippen LogP contribution in [-0.2, 0) is 13.2 Å². The number of amides is 1. The Bertz CT molecular complexity index is 978. The minimum atomic E-state index is -4.42. The van der Waals surface area contributed by atoms with Crippen molar-refractivity contribution in [1.29, 1.82) is 0 Å². The summed E-state index contributed by atoms with van der Waals surface area (Å²) in [5.74, 6) is 0.529. The number of likely N-dealkylation sites (tertiary alicyclic amines) is 1. The summed E-state index contributed by atoms with van der Waals surface area (Å²) in [6.07, 6.45) is -2.00. The highest BCUT2D eigenvalue weighted by molar-refractivity contribution is 7.14. The molecule has 3 aromatic rings. The van der Waals surface area contributed by atoms with Gasteiger partial charge in [-0.3, -0.25) is 4.79 Å². The zero-order valence-corrected chi connectivity index (χ0v) is 14.6. The fourth-order valence-corrected chi connectivity index (χ4v) is 4.16. The van der Waals surface area contributed by atoms with Crippen LogP contribution in [0.1, 0.15) is 32.7 Å². The fraction of sp³-hybridized carbons (Fsp3) is 0.353. The number of pyridine rings is 1. The highest BCUT2D eigenvalue weighted by atomic mass is 32.1. The Morgan fingerprint density at radius 1 is 1.31 bits per heavy atom. The van der Waals surface area contributed by atoms with Crippen molar-refractivity contribution in [1.82, 2.24) is 19.4 Å². The minimum Gasteiger partial charge on any atom is -0.337 e. The fourth-order valence-electron chi connectivity index (χ4n) is 3.32. The number of imidazole rings is 1. The third-order valence-electron chi connectivity index (χ3n) is 4.60. The number of fused-ring (bicyclic) bond motifs is 1. The molecule has 9 heteroatoms. The molecule has 4 heterocycles. The molecule has 0 unspecified atom stereocenters. The van der Waals surface area contributed by atoms with Gasteiger partial charge in [0.05, 0.1) is 4.88 Å². The number of aromatic nitrogens is 3. The van der Waals surface area contributed by atoms with Gasteiger partial charge >= 0.3 is 6.18 Å². The van der Waals surface area contributed by atoms with Crippen molar-refractivity contribution in [3.63, 3.8) is 0 Å². The average molecular weight is 380 g/mol. The van der Waals surface area contributed by atoms with Crippen molar-refractivity contribution in [2.45, 2.75) is 18.5 Å². The Balaban J connectivity index is 1.53. The molecule has 5 nitrogen and oxygen atoms in total. The van der Waals surface area contributed by atoms with Gasteiger partial charge in [-0.2, -0.15) is 13.2 Å². The molecule has 0 bridgehead atoms. The van der Waals surface area contributed by atoms with Crippen LogP contribution >= 0.6 is 11.3 Å². The molecule has 0 saturated carbocycles. The lowest BCUT2D eigenvalue weighted by Gasteiger charge is -2.15. The van der Waals surface area contributed by atoms with Crippen LogP contribution in [0.5, 0.6) is 0 Å². The number of nitrogens with zero attached hydrogens (tertiary/aromatic N) is 4. The topological polar surface area (TPSA) is 51.0 Å². The van der Waals surface area contributed by atoms with Crippen LogP contribution in [0.15, 0.2) is 30.5 Å². The van der Waals surface area contributed by atoms with Gasteiger partial charge in [-0.15, -0.1) is 11.3 Å². The first-order valence-corrected chi connectivity index (χ1v) is 8.90. The van der Waals surface area contributed by atoms with E-state index in [0.717, 1.165) is 29.5 Å². The molecule has 26 heavy (non-hydrogen) atoms. The van der Waals surface area contributed by atoms with Crippen molar-refractivity contribution in [3.8, 4) is 0 Å². The van der Waals surface area contributed by atoms with Crippen LogP contribution in [-0.4, -0.2) is 38.4 Å². The summed E-state index contributed by atoms with van der Waals surface area (Å²) in [7, 11) is 1.89. The molecule has 0 spiro atoms. The maximum atomic E-state index is 12.7. The van der Waals surface area contributed by atoms with Gasteiger partial charge in [0.15, 0.2) is 5.65 Å². The van der Waals surface area contributed by atoms with E-state index in [2.05, 4.69) is 9.97 Å². The SMILES string of the molecule is Cn1c([C@H]2CCN(C(=O)c3ccc(C(F)(F)F)s3)C2)nc2cccnc21. The molecule has 3 aromatic heterocycles. The van der Waals surface area contributed by atoms with Crippen molar-refractivity contribution in [3.05, 3.63) is 46.0 Å². The number of hydrogen-bond donors (Lipinski definition) is 0. The van der Waals surface area contributed by atoms with E-state index in [0.29, 0.717) is 24.4 Å². The Kier molecular flexibility index (Phi) is 3.98. The molecule has 136 valence electrons. The van der Waals surface area contributed by atoms with Crippen molar-refractivity contribution >= 4 is 28.4 Å². The molecule has 1 aliphatic rings. The Hall–Kier alpha value is -2.42. The van der Waals surface area contributed by atoms with Crippen molar-refractivity contribution in [2.24, 2.45) is 7.05 Å². The van der Waals surface area contributed by atoms with Gasteiger partial charge < -0.3 is 9.47 Å². The first-order valence-electron chi connectivity index (χ1n) is 8.08. The van der Waals surface area contributed by atoms with Gasteiger partial charge in [0.2, 0.25) is 0 Å². The van der Waals surface area contributed by atoms with Crippen molar-refractivity contribution in [2.75, 3.05) is 13.1 Å². The van der Waals surface area contributed by atoms with E-state index in [-0.39, 0.29) is 16.7 Å². The first-order chi connectivity index (χ1) is 12.3. The monoisotopic (exact) mass is 380 g/mol. The number of alkyl halides is 3. The molecule has 0 N–H and O–H groups in total. The van der Waals surface area contributed by atoms with Gasteiger partial charge in [0, 0.05) is 32.3 Å². The van der Waals surface area contributed by atoms with Crippen LogP contribution < -0.4 is 0 Å². The van der Waals surface area contributed by atoms with Gasteiger partial charge in [-0.05, 0) is 30.7 Å². The molecule has 1 amide bonds. The van der Waals surface area contributed by atoms with Crippen LogP contribution in [0.4, 0.5) is 13.2 Å². The van der Waals surface area contributed by atoms with E-state index >= 15 is 0 Å². The Morgan fingerprint density at radius 2 is 2.12 bits per heavy atom. The average Bonchev–Trinajstić information content (AvgIpc) is 3.32. The van der Waals surface area contributed by atoms with E-state index < -0.39 is 11.1 Å². The van der Waals surface area contributed by atoms with E-state index in [9.17, 15) is 18.0 Å². The van der Waals surface area contributed by atoms with Gasteiger partial charge in [-0.25, -0.2) is 9.97 Å². The predicted octanol–water partition coefficient (Wildman–Crippen LogP) is 3.68. The summed E-state index contributed by atoms with van der Waals surface area (Å²) in [6.45, 7) is 0.939. The maximum Gasteiger partial charge on any atom is 0.425 e. The highest BCUT2D eigenvalue weighted by Gasteiger charge is 2.35. The number of rotatable bonds is 2. The lowest BCUT2D eigenvalue weighted by atomic mass is 10.1. The largest absolute Gasteiger partial charge is 0.425 e. The number of halogens is 3. The molecule has 1 atom stereocenters. The molecule has 0 radical (unpaired) electrons. The quantitative estimate of drug-likeness (QED) is 0.682. The van der Waals surface area contributed by atoms with E-state index in [4.69, 9.17) is 0 Å². The minimum absolute atomic E-state index is 0.0419. The van der Waals surface area contributed by atoms with Crippen molar-refractivity contribution < 1.29 is 18.0 Å². The van der Waals surface area contributed by atoms with Crippen LogP contribution in [0.2, 0.25) is 0 Å². The number of carbonyl (C=O) groups is 1. The number of aryl methyl sites for hydroxylation is 1. The second kappa shape index (κ2) is 6.08. The van der Waals surface area contributed by atoms with E-state index in [1.54, 1.807) is 11.1 Å². The van der Waals surface area contributed by atoms with Crippen LogP contribution in [0.25, 0.3) is 11.2 Å². The van der Waals surface area contributed by atoms with Crippen LogP contribution in [0.3, 0.4) is 0 Å². The molecule has 4 rings (SSSR count). The van der Waals surface area contributed by atoms with Crippen LogP contribution in [0, 0.1) is 0 Å². The molecule has 0 aliphatic carbocycles. The predicted molar refractivity (Wildman–Crippen MR) is 91.1 cm³/mol. The molecule has 0 aromatic carbocycles. The Morgan fingerprint density at radius 3 is 2.81 bits per heavy atom. The summed E-state index contributed by atoms with van der Waals surface area (Å²) in [5.41, 5.74) is 1.57. The molecule has 1 aliphatic heterocycles. The summed E-state index contributed by atoms with van der Waals surface area (Å²) < 4.78 is 40.1. The maximum absolute atomic E-state index is 12.7. The molecule has 1 saturated heterocycles. The smallest absolute Gasteiger partial charge is 0.337 e. The summed E-state index contributed by atoms with van der Waals surface area (Å²) in [5, 5.41) is 0.